The first-order valence-electron chi connectivity index (χ1n) is 10.8. The molecule has 0 unspecified atom stereocenters. The molecule has 5 heteroatoms. The molecule has 1 aromatic heterocycles. The molecule has 4 aromatic carbocycles. The molecule has 0 atom stereocenters. The number of hydrogen-bond donors (Lipinski definition) is 0. The average molecular weight is 444 g/mol. The van der Waals surface area contributed by atoms with Crippen molar-refractivity contribution in [3.63, 3.8) is 0 Å². The molecule has 0 bridgehead atoms. The summed E-state index contributed by atoms with van der Waals surface area (Å²) in [6.45, 7) is 0. The normalized spacial score (nSPS) is 11.4. The van der Waals surface area contributed by atoms with E-state index in [1.165, 1.54) is 0 Å². The Labute approximate surface area is 196 Å². The summed E-state index contributed by atoms with van der Waals surface area (Å²) in [5.74, 6) is -0.0447. The van der Waals surface area contributed by atoms with E-state index in [0.29, 0.717) is 39.3 Å². The molecular formula is C29H20N2O3. The van der Waals surface area contributed by atoms with Gasteiger partial charge in [-0.15, -0.1) is 0 Å². The van der Waals surface area contributed by atoms with E-state index in [-0.39, 0.29) is 5.91 Å². The molecule has 0 radical (unpaired) electrons. The molecule has 164 valence electrons. The molecule has 34 heavy (non-hydrogen) atoms. The van der Waals surface area contributed by atoms with Gasteiger partial charge in [0.05, 0.1) is 16.6 Å². The van der Waals surface area contributed by atoms with E-state index in [1.807, 2.05) is 78.9 Å². The number of carbonyl (C=O) groups excluding carboxylic acids is 2. The molecule has 0 aliphatic rings. The number of nitrogens with zero attached hydrogens (tertiary/aromatic N) is 2. The first kappa shape index (κ1) is 21.1. The molecule has 5 nitrogen and oxygen atoms in total. The van der Waals surface area contributed by atoms with Gasteiger partial charge in [0, 0.05) is 17.2 Å². The Balaban J connectivity index is 1.65. The smallest absolute Gasteiger partial charge is 0.343 e. The molecule has 0 amide bonds. The Morgan fingerprint density at radius 1 is 0.647 bits per heavy atom. The van der Waals surface area contributed by atoms with Crippen molar-refractivity contribution in [2.75, 3.05) is 0 Å². The number of hydrogen-bond acceptors (Lipinski definition) is 4. The number of fused-ring (bicyclic) bond motifs is 1. The van der Waals surface area contributed by atoms with Gasteiger partial charge in [-0.05, 0) is 36.4 Å². The summed E-state index contributed by atoms with van der Waals surface area (Å²) in [5, 5.41) is 0. The maximum Gasteiger partial charge on any atom is 0.343 e. The van der Waals surface area contributed by atoms with Crippen molar-refractivity contribution in [1.29, 1.82) is 0 Å². The van der Waals surface area contributed by atoms with E-state index in [0.717, 1.165) is 0 Å². The fourth-order valence-corrected chi connectivity index (χ4v) is 3.69. The second kappa shape index (κ2) is 9.38. The fraction of sp³-hybridized carbons (Fsp3) is 0. The minimum Gasteiger partial charge on any atom is -0.422 e. The molecule has 5 rings (SSSR count). The third-order valence-electron chi connectivity index (χ3n) is 5.34. The summed E-state index contributed by atoms with van der Waals surface area (Å²) in [5.41, 5.74) is 2.99. The molecule has 0 saturated heterocycles. The number of imidazole rings is 1. The van der Waals surface area contributed by atoms with Crippen molar-refractivity contribution < 1.29 is 14.3 Å². The zero-order valence-corrected chi connectivity index (χ0v) is 18.2. The second-order valence-electron chi connectivity index (χ2n) is 7.60. The van der Waals surface area contributed by atoms with Gasteiger partial charge in [-0.3, -0.25) is 9.36 Å². The molecule has 0 fully saturated rings. The maximum atomic E-state index is 13.5. The predicted octanol–water partition coefficient (Wildman–Crippen LogP) is 6.08. The van der Waals surface area contributed by atoms with Crippen molar-refractivity contribution in [2.45, 2.75) is 0 Å². The van der Waals surface area contributed by atoms with Gasteiger partial charge in [0.15, 0.2) is 0 Å². The van der Waals surface area contributed by atoms with Crippen LogP contribution in [0.25, 0.3) is 22.9 Å². The number of esters is 1. The second-order valence-corrected chi connectivity index (χ2v) is 7.60. The lowest BCUT2D eigenvalue weighted by Gasteiger charge is -2.11. The number of rotatable bonds is 5. The van der Waals surface area contributed by atoms with Crippen molar-refractivity contribution in [3.05, 3.63) is 138 Å². The number of para-hydroxylation sites is 2. The summed E-state index contributed by atoms with van der Waals surface area (Å²) < 4.78 is 7.37. The summed E-state index contributed by atoms with van der Waals surface area (Å²) in [4.78, 5) is 31.0. The largest absolute Gasteiger partial charge is 0.422 e. The predicted molar refractivity (Wildman–Crippen MR) is 132 cm³/mol. The van der Waals surface area contributed by atoms with E-state index < -0.39 is 5.97 Å². The van der Waals surface area contributed by atoms with E-state index in [9.17, 15) is 9.59 Å². The SMILES string of the molecule is O=C(O/C(=C\c1nc2ccccc2n1C(=O)c1ccccc1)c1ccccc1)c1ccccc1. The van der Waals surface area contributed by atoms with Gasteiger partial charge in [0.2, 0.25) is 0 Å². The van der Waals surface area contributed by atoms with Crippen molar-refractivity contribution in [3.8, 4) is 0 Å². The van der Waals surface area contributed by atoms with Crippen LogP contribution in [0, 0.1) is 0 Å². The number of benzene rings is 4. The molecule has 0 saturated carbocycles. The third kappa shape index (κ3) is 4.27. The Morgan fingerprint density at radius 2 is 1.18 bits per heavy atom. The van der Waals surface area contributed by atoms with Crippen LogP contribution in [0.5, 0.6) is 0 Å². The minimum atomic E-state index is -0.493. The van der Waals surface area contributed by atoms with Gasteiger partial charge in [-0.2, -0.15) is 0 Å². The standard InChI is InChI=1S/C29H20N2O3/c32-28(22-14-6-2-7-15-22)31-25-19-11-10-18-24(25)30-27(31)20-26(21-12-4-1-5-13-21)34-29(33)23-16-8-3-9-17-23/h1-20H/b26-20-. The highest BCUT2D eigenvalue weighted by molar-refractivity contribution is 6.03. The Kier molecular flexibility index (Phi) is 5.82. The fourth-order valence-electron chi connectivity index (χ4n) is 3.69. The van der Waals surface area contributed by atoms with Crippen molar-refractivity contribution >= 4 is 34.7 Å². The zero-order chi connectivity index (χ0) is 23.3. The molecule has 0 N–H and O–H groups in total. The van der Waals surface area contributed by atoms with Crippen LogP contribution in [-0.4, -0.2) is 21.4 Å². The topological polar surface area (TPSA) is 61.2 Å². The first-order valence-corrected chi connectivity index (χ1v) is 10.8. The monoisotopic (exact) mass is 444 g/mol. The Bertz CT molecular complexity index is 1490. The van der Waals surface area contributed by atoms with Crippen LogP contribution < -0.4 is 0 Å². The zero-order valence-electron chi connectivity index (χ0n) is 18.2. The lowest BCUT2D eigenvalue weighted by atomic mass is 10.1. The van der Waals surface area contributed by atoms with E-state index in [2.05, 4.69) is 4.98 Å². The lowest BCUT2D eigenvalue weighted by molar-refractivity contribution is 0.0693. The first-order chi connectivity index (χ1) is 16.7. The van der Waals surface area contributed by atoms with Gasteiger partial charge in [0.1, 0.15) is 11.6 Å². The van der Waals surface area contributed by atoms with Crippen molar-refractivity contribution in [1.82, 2.24) is 9.55 Å². The van der Waals surface area contributed by atoms with Gasteiger partial charge < -0.3 is 4.74 Å². The minimum absolute atomic E-state index is 0.220. The van der Waals surface area contributed by atoms with Crippen LogP contribution in [0.2, 0.25) is 0 Å². The molecule has 0 spiro atoms. The molecule has 1 heterocycles. The highest BCUT2D eigenvalue weighted by Crippen LogP contribution is 2.25. The summed E-state index contributed by atoms with van der Waals surface area (Å²) in [6, 6.07) is 34.5. The summed E-state index contributed by atoms with van der Waals surface area (Å²) in [7, 11) is 0. The van der Waals surface area contributed by atoms with Gasteiger partial charge in [0.25, 0.3) is 5.91 Å². The van der Waals surface area contributed by atoms with Crippen LogP contribution >= 0.6 is 0 Å². The lowest BCUT2D eigenvalue weighted by Crippen LogP contribution is -2.14. The molecule has 0 aliphatic carbocycles. The highest BCUT2D eigenvalue weighted by Gasteiger charge is 2.19. The van der Waals surface area contributed by atoms with Crippen LogP contribution in [0.15, 0.2) is 115 Å². The molecule has 5 aromatic rings. The van der Waals surface area contributed by atoms with E-state index >= 15 is 0 Å². The summed E-state index contributed by atoms with van der Waals surface area (Å²) in [6.07, 6.45) is 1.64. The highest BCUT2D eigenvalue weighted by atomic mass is 16.5. The Morgan fingerprint density at radius 3 is 1.82 bits per heavy atom. The van der Waals surface area contributed by atoms with Gasteiger partial charge in [-0.25, -0.2) is 9.78 Å². The number of aromatic nitrogens is 2. The van der Waals surface area contributed by atoms with Crippen LogP contribution in [0.3, 0.4) is 0 Å². The van der Waals surface area contributed by atoms with Crippen LogP contribution in [0.4, 0.5) is 0 Å². The maximum absolute atomic E-state index is 13.5. The number of ether oxygens (including phenoxy) is 1. The quantitative estimate of drug-likeness (QED) is 0.243. The average Bonchev–Trinajstić information content (AvgIpc) is 3.27. The molecular weight excluding hydrogens is 424 g/mol. The van der Waals surface area contributed by atoms with Crippen LogP contribution in [-0.2, 0) is 4.74 Å². The van der Waals surface area contributed by atoms with Crippen molar-refractivity contribution in [2.24, 2.45) is 0 Å². The number of carbonyl (C=O) groups is 2. The summed E-state index contributed by atoms with van der Waals surface area (Å²) >= 11 is 0. The van der Waals surface area contributed by atoms with E-state index in [1.54, 1.807) is 47.0 Å². The third-order valence-corrected chi connectivity index (χ3v) is 5.34. The van der Waals surface area contributed by atoms with Gasteiger partial charge in [-0.1, -0.05) is 78.9 Å². The van der Waals surface area contributed by atoms with Crippen LogP contribution in [0.1, 0.15) is 32.1 Å². The Hall–Kier alpha value is -4.77. The van der Waals surface area contributed by atoms with E-state index in [4.69, 9.17) is 4.74 Å². The van der Waals surface area contributed by atoms with Gasteiger partial charge >= 0.3 is 5.97 Å². The molecule has 0 aliphatic heterocycles.